The SMILES string of the molecule is Cc1sc(CNCC(C)C)cc1COC1CCCC1. The minimum atomic E-state index is 0.516. The predicted molar refractivity (Wildman–Crippen MR) is 82.6 cm³/mol. The fourth-order valence-electron chi connectivity index (χ4n) is 2.56. The highest BCUT2D eigenvalue weighted by Crippen LogP contribution is 2.26. The van der Waals surface area contributed by atoms with Crippen molar-refractivity contribution in [2.45, 2.75) is 65.7 Å². The zero-order valence-corrected chi connectivity index (χ0v) is 13.3. The van der Waals surface area contributed by atoms with E-state index in [1.165, 1.54) is 41.0 Å². The lowest BCUT2D eigenvalue weighted by atomic mass is 10.2. The van der Waals surface area contributed by atoms with Crippen molar-refractivity contribution in [3.8, 4) is 0 Å². The first-order chi connectivity index (χ1) is 9.15. The molecule has 0 radical (unpaired) electrons. The molecule has 0 atom stereocenters. The number of hydrogen-bond donors (Lipinski definition) is 1. The third-order valence-electron chi connectivity index (χ3n) is 3.70. The van der Waals surface area contributed by atoms with E-state index in [1.807, 2.05) is 11.3 Å². The number of hydrogen-bond acceptors (Lipinski definition) is 3. The number of ether oxygens (including phenoxy) is 1. The van der Waals surface area contributed by atoms with Gasteiger partial charge in [-0.2, -0.15) is 0 Å². The van der Waals surface area contributed by atoms with Crippen LogP contribution in [0.25, 0.3) is 0 Å². The van der Waals surface area contributed by atoms with Crippen LogP contribution in [0.2, 0.25) is 0 Å². The molecule has 0 aromatic carbocycles. The van der Waals surface area contributed by atoms with Crippen molar-refractivity contribution in [3.05, 3.63) is 21.4 Å². The zero-order valence-electron chi connectivity index (χ0n) is 12.5. The summed E-state index contributed by atoms with van der Waals surface area (Å²) in [6.45, 7) is 9.58. The van der Waals surface area contributed by atoms with Crippen molar-refractivity contribution in [2.24, 2.45) is 5.92 Å². The van der Waals surface area contributed by atoms with Crippen molar-refractivity contribution in [2.75, 3.05) is 6.54 Å². The lowest BCUT2D eigenvalue weighted by Gasteiger charge is -2.10. The second-order valence-electron chi connectivity index (χ2n) is 6.04. The molecule has 1 saturated carbocycles. The monoisotopic (exact) mass is 281 g/mol. The first kappa shape index (κ1) is 15.0. The molecule has 108 valence electrons. The summed E-state index contributed by atoms with van der Waals surface area (Å²) in [5.74, 6) is 0.714. The lowest BCUT2D eigenvalue weighted by Crippen LogP contribution is -2.18. The van der Waals surface area contributed by atoms with E-state index < -0.39 is 0 Å². The molecule has 1 aromatic heterocycles. The number of aryl methyl sites for hydroxylation is 1. The molecule has 0 bridgehead atoms. The van der Waals surface area contributed by atoms with E-state index >= 15 is 0 Å². The quantitative estimate of drug-likeness (QED) is 0.806. The summed E-state index contributed by atoms with van der Waals surface area (Å²) in [6.07, 6.45) is 5.72. The topological polar surface area (TPSA) is 21.3 Å². The van der Waals surface area contributed by atoms with Gasteiger partial charge in [-0.05, 0) is 43.9 Å². The Morgan fingerprint density at radius 2 is 2.11 bits per heavy atom. The predicted octanol–water partition coefficient (Wildman–Crippen LogP) is 4.26. The van der Waals surface area contributed by atoms with Crippen molar-refractivity contribution < 1.29 is 4.74 Å². The third kappa shape index (κ3) is 4.90. The number of nitrogens with one attached hydrogen (secondary N) is 1. The molecule has 19 heavy (non-hydrogen) atoms. The van der Waals surface area contributed by atoms with Crippen molar-refractivity contribution in [1.82, 2.24) is 5.32 Å². The van der Waals surface area contributed by atoms with E-state index in [1.54, 1.807) is 0 Å². The minimum absolute atomic E-state index is 0.516. The Morgan fingerprint density at radius 1 is 1.37 bits per heavy atom. The van der Waals surface area contributed by atoms with Gasteiger partial charge in [-0.25, -0.2) is 0 Å². The molecule has 1 aliphatic rings. The second kappa shape index (κ2) is 7.41. The van der Waals surface area contributed by atoms with Crippen LogP contribution in [0.3, 0.4) is 0 Å². The molecule has 0 aliphatic heterocycles. The highest BCUT2D eigenvalue weighted by Gasteiger charge is 2.16. The first-order valence-electron chi connectivity index (χ1n) is 7.55. The molecule has 2 nitrogen and oxygen atoms in total. The Balaban J connectivity index is 1.78. The molecule has 0 amide bonds. The van der Waals surface area contributed by atoms with Gasteiger partial charge in [0, 0.05) is 16.3 Å². The summed E-state index contributed by atoms with van der Waals surface area (Å²) in [6, 6.07) is 2.32. The molecule has 2 rings (SSSR count). The maximum Gasteiger partial charge on any atom is 0.0731 e. The van der Waals surface area contributed by atoms with E-state index in [4.69, 9.17) is 4.74 Å². The van der Waals surface area contributed by atoms with Gasteiger partial charge in [0.05, 0.1) is 12.7 Å². The molecule has 1 aromatic rings. The fourth-order valence-corrected chi connectivity index (χ4v) is 3.58. The number of thiophene rings is 1. The Labute approximate surface area is 121 Å². The van der Waals surface area contributed by atoms with Crippen LogP contribution in [-0.4, -0.2) is 12.6 Å². The summed E-state index contributed by atoms with van der Waals surface area (Å²) in [7, 11) is 0. The Kier molecular flexibility index (Phi) is 5.86. The van der Waals surface area contributed by atoms with Crippen LogP contribution in [0.5, 0.6) is 0 Å². The Morgan fingerprint density at radius 3 is 2.79 bits per heavy atom. The summed E-state index contributed by atoms with van der Waals surface area (Å²) < 4.78 is 6.01. The van der Waals surface area contributed by atoms with Gasteiger partial charge in [0.15, 0.2) is 0 Å². The Bertz CT molecular complexity index is 380. The Hall–Kier alpha value is -0.380. The molecule has 1 fully saturated rings. The first-order valence-corrected chi connectivity index (χ1v) is 8.37. The van der Waals surface area contributed by atoms with Gasteiger partial charge in [-0.3, -0.25) is 0 Å². The standard InChI is InChI=1S/C16H27NOS/c1-12(2)9-17-10-16-8-14(13(3)19-16)11-18-15-6-4-5-7-15/h8,12,15,17H,4-7,9-11H2,1-3H3. The third-order valence-corrected chi connectivity index (χ3v) is 4.79. The summed E-state index contributed by atoms with van der Waals surface area (Å²) in [5, 5.41) is 3.51. The zero-order chi connectivity index (χ0) is 13.7. The van der Waals surface area contributed by atoms with Gasteiger partial charge in [0.1, 0.15) is 0 Å². The van der Waals surface area contributed by atoms with E-state index in [-0.39, 0.29) is 0 Å². The van der Waals surface area contributed by atoms with Crippen molar-refractivity contribution >= 4 is 11.3 Å². The van der Waals surface area contributed by atoms with Crippen LogP contribution in [0.4, 0.5) is 0 Å². The fraction of sp³-hybridized carbons (Fsp3) is 0.750. The highest BCUT2D eigenvalue weighted by molar-refractivity contribution is 7.12. The van der Waals surface area contributed by atoms with Gasteiger partial charge in [0.25, 0.3) is 0 Å². The molecule has 1 aliphatic carbocycles. The molecule has 3 heteroatoms. The molecule has 0 saturated heterocycles. The van der Waals surface area contributed by atoms with Crippen molar-refractivity contribution in [1.29, 1.82) is 0 Å². The average molecular weight is 281 g/mol. The summed E-state index contributed by atoms with van der Waals surface area (Å²) in [4.78, 5) is 2.85. The van der Waals surface area contributed by atoms with Crippen LogP contribution < -0.4 is 5.32 Å². The van der Waals surface area contributed by atoms with Crippen LogP contribution in [0.15, 0.2) is 6.07 Å². The summed E-state index contributed by atoms with van der Waals surface area (Å²) in [5.41, 5.74) is 1.39. The average Bonchev–Trinajstić information content (AvgIpc) is 2.96. The van der Waals surface area contributed by atoms with Crippen LogP contribution in [0, 0.1) is 12.8 Å². The highest BCUT2D eigenvalue weighted by atomic mass is 32.1. The van der Waals surface area contributed by atoms with Gasteiger partial charge < -0.3 is 10.1 Å². The maximum atomic E-state index is 6.01. The van der Waals surface area contributed by atoms with Crippen LogP contribution in [0.1, 0.15) is 54.8 Å². The van der Waals surface area contributed by atoms with E-state index in [0.717, 1.165) is 19.7 Å². The molecular weight excluding hydrogens is 254 g/mol. The van der Waals surface area contributed by atoms with Crippen LogP contribution in [-0.2, 0) is 17.9 Å². The minimum Gasteiger partial charge on any atom is -0.374 e. The smallest absolute Gasteiger partial charge is 0.0731 e. The van der Waals surface area contributed by atoms with E-state index in [9.17, 15) is 0 Å². The maximum absolute atomic E-state index is 6.01. The normalized spacial score (nSPS) is 16.6. The van der Waals surface area contributed by atoms with E-state index in [2.05, 4.69) is 32.2 Å². The van der Waals surface area contributed by atoms with E-state index in [0.29, 0.717) is 12.0 Å². The van der Waals surface area contributed by atoms with Crippen molar-refractivity contribution in [3.63, 3.8) is 0 Å². The molecular formula is C16H27NOS. The van der Waals surface area contributed by atoms with Gasteiger partial charge in [-0.15, -0.1) is 11.3 Å². The van der Waals surface area contributed by atoms with Gasteiger partial charge in [-0.1, -0.05) is 26.7 Å². The van der Waals surface area contributed by atoms with Crippen LogP contribution >= 0.6 is 11.3 Å². The van der Waals surface area contributed by atoms with Gasteiger partial charge in [0.2, 0.25) is 0 Å². The lowest BCUT2D eigenvalue weighted by molar-refractivity contribution is 0.0456. The second-order valence-corrected chi connectivity index (χ2v) is 7.38. The molecule has 1 N–H and O–H groups in total. The number of rotatable bonds is 7. The molecule has 0 unspecified atom stereocenters. The summed E-state index contributed by atoms with van der Waals surface area (Å²) >= 11 is 1.91. The largest absolute Gasteiger partial charge is 0.374 e. The van der Waals surface area contributed by atoms with Gasteiger partial charge >= 0.3 is 0 Å². The molecule has 1 heterocycles. The molecule has 0 spiro atoms.